The molecule has 5 heteroatoms. The normalized spacial score (nSPS) is 17.6. The summed E-state index contributed by atoms with van der Waals surface area (Å²) in [5, 5.41) is 6.77. The van der Waals surface area contributed by atoms with Gasteiger partial charge in [0.1, 0.15) is 5.82 Å². The quantitative estimate of drug-likeness (QED) is 0.877. The molecule has 0 spiro atoms. The first kappa shape index (κ1) is 14.8. The Labute approximate surface area is 120 Å². The zero-order valence-electron chi connectivity index (χ0n) is 12.6. The highest BCUT2D eigenvalue weighted by Crippen LogP contribution is 2.27. The van der Waals surface area contributed by atoms with E-state index in [-0.39, 0.29) is 5.91 Å². The molecule has 110 valence electrons. The highest BCUT2D eigenvalue weighted by atomic mass is 16.2. The van der Waals surface area contributed by atoms with Crippen molar-refractivity contribution in [3.8, 4) is 0 Å². The highest BCUT2D eigenvalue weighted by Gasteiger charge is 2.26. The van der Waals surface area contributed by atoms with Crippen molar-refractivity contribution in [2.24, 2.45) is 5.41 Å². The second kappa shape index (κ2) is 6.22. The molecule has 0 atom stereocenters. The zero-order chi connectivity index (χ0) is 14.6. The summed E-state index contributed by atoms with van der Waals surface area (Å²) in [6.07, 6.45) is 3.99. The Morgan fingerprint density at radius 1 is 1.40 bits per heavy atom. The summed E-state index contributed by atoms with van der Waals surface area (Å²) in [4.78, 5) is 17.6. The largest absolute Gasteiger partial charge is 0.370 e. The summed E-state index contributed by atoms with van der Waals surface area (Å²) in [5.41, 5.74) is 0.944. The van der Waals surface area contributed by atoms with Crippen LogP contribution in [0.4, 0.5) is 5.82 Å². The number of nitrogens with one attached hydrogen (secondary N) is 2. The third-order valence-electron chi connectivity index (χ3n) is 3.92. The van der Waals surface area contributed by atoms with Crippen LogP contribution in [-0.4, -0.2) is 49.5 Å². The van der Waals surface area contributed by atoms with Crippen LogP contribution in [0, 0.1) is 5.41 Å². The van der Waals surface area contributed by atoms with Crippen LogP contribution in [0.15, 0.2) is 18.3 Å². The molecule has 1 aliphatic heterocycles. The lowest BCUT2D eigenvalue weighted by Gasteiger charge is -2.34. The topological polar surface area (TPSA) is 57.3 Å². The lowest BCUT2D eigenvalue weighted by molar-refractivity contribution is 0.0827. The maximum atomic E-state index is 11.8. The predicted octanol–water partition coefficient (Wildman–Crippen LogP) is 1.58. The Bertz CT molecular complexity index is 449. The number of pyridine rings is 1. The first-order chi connectivity index (χ1) is 9.50. The fourth-order valence-corrected chi connectivity index (χ4v) is 2.39. The van der Waals surface area contributed by atoms with E-state index in [2.05, 4.69) is 22.5 Å². The van der Waals surface area contributed by atoms with Gasteiger partial charge in [0.25, 0.3) is 5.91 Å². The number of hydrogen-bond donors (Lipinski definition) is 2. The van der Waals surface area contributed by atoms with Gasteiger partial charge in [-0.3, -0.25) is 4.79 Å². The molecule has 1 fully saturated rings. The molecule has 1 aliphatic rings. The van der Waals surface area contributed by atoms with E-state index in [0.29, 0.717) is 11.0 Å². The van der Waals surface area contributed by atoms with Gasteiger partial charge in [-0.25, -0.2) is 4.98 Å². The number of piperidine rings is 1. The van der Waals surface area contributed by atoms with Crippen molar-refractivity contribution >= 4 is 11.7 Å². The smallest absolute Gasteiger partial charge is 0.254 e. The van der Waals surface area contributed by atoms with Crippen molar-refractivity contribution in [2.75, 3.05) is 39.0 Å². The number of hydrogen-bond acceptors (Lipinski definition) is 4. The van der Waals surface area contributed by atoms with Gasteiger partial charge in [-0.05, 0) is 43.5 Å². The van der Waals surface area contributed by atoms with Gasteiger partial charge in [-0.2, -0.15) is 0 Å². The summed E-state index contributed by atoms with van der Waals surface area (Å²) in [6, 6.07) is 3.70. The number of anilines is 1. The summed E-state index contributed by atoms with van der Waals surface area (Å²) in [5.74, 6) is 0.814. The molecule has 0 radical (unpaired) electrons. The first-order valence-electron chi connectivity index (χ1n) is 7.12. The van der Waals surface area contributed by atoms with E-state index >= 15 is 0 Å². The molecular formula is C15H24N4O. The molecule has 2 heterocycles. The number of nitrogens with zero attached hydrogens (tertiary/aromatic N) is 2. The van der Waals surface area contributed by atoms with Crippen LogP contribution in [-0.2, 0) is 0 Å². The maximum absolute atomic E-state index is 11.8. The summed E-state index contributed by atoms with van der Waals surface area (Å²) in [7, 11) is 3.49. The van der Waals surface area contributed by atoms with Crippen molar-refractivity contribution < 1.29 is 4.79 Å². The van der Waals surface area contributed by atoms with E-state index in [9.17, 15) is 4.79 Å². The van der Waals surface area contributed by atoms with Gasteiger partial charge in [-0.1, -0.05) is 6.92 Å². The van der Waals surface area contributed by atoms with Crippen molar-refractivity contribution in [3.63, 3.8) is 0 Å². The molecule has 0 unspecified atom stereocenters. The SMILES string of the molecule is CN(C)C(=O)c1ccc(NCC2(C)CCNCC2)nc1. The third kappa shape index (κ3) is 3.70. The van der Waals surface area contributed by atoms with Crippen LogP contribution in [0.2, 0.25) is 0 Å². The molecule has 0 aromatic carbocycles. The van der Waals surface area contributed by atoms with Crippen LogP contribution >= 0.6 is 0 Å². The summed E-state index contributed by atoms with van der Waals surface area (Å²) < 4.78 is 0. The van der Waals surface area contributed by atoms with E-state index in [1.165, 1.54) is 12.8 Å². The first-order valence-corrected chi connectivity index (χ1v) is 7.12. The molecule has 2 rings (SSSR count). The van der Waals surface area contributed by atoms with E-state index in [1.807, 2.05) is 12.1 Å². The minimum absolute atomic E-state index is 0.0191. The predicted molar refractivity (Wildman–Crippen MR) is 81.0 cm³/mol. The highest BCUT2D eigenvalue weighted by molar-refractivity contribution is 5.93. The van der Waals surface area contributed by atoms with Crippen LogP contribution in [0.1, 0.15) is 30.1 Å². The van der Waals surface area contributed by atoms with Crippen LogP contribution in [0.3, 0.4) is 0 Å². The molecule has 20 heavy (non-hydrogen) atoms. The molecule has 1 amide bonds. The Morgan fingerprint density at radius 2 is 2.10 bits per heavy atom. The molecule has 0 saturated carbocycles. The monoisotopic (exact) mass is 276 g/mol. The van der Waals surface area contributed by atoms with Gasteiger partial charge < -0.3 is 15.5 Å². The molecule has 0 bridgehead atoms. The van der Waals surface area contributed by atoms with Gasteiger partial charge >= 0.3 is 0 Å². The fourth-order valence-electron chi connectivity index (χ4n) is 2.39. The molecular weight excluding hydrogens is 252 g/mol. The Morgan fingerprint density at radius 3 is 2.65 bits per heavy atom. The van der Waals surface area contributed by atoms with E-state index < -0.39 is 0 Å². The van der Waals surface area contributed by atoms with E-state index in [4.69, 9.17) is 0 Å². The van der Waals surface area contributed by atoms with Crippen LogP contribution in [0.5, 0.6) is 0 Å². The molecule has 1 aromatic rings. The van der Waals surface area contributed by atoms with Crippen molar-refractivity contribution in [1.82, 2.24) is 15.2 Å². The van der Waals surface area contributed by atoms with Gasteiger partial charge in [0.2, 0.25) is 0 Å². The average molecular weight is 276 g/mol. The van der Waals surface area contributed by atoms with Gasteiger partial charge in [0, 0.05) is 26.8 Å². The minimum Gasteiger partial charge on any atom is -0.370 e. The van der Waals surface area contributed by atoms with Crippen molar-refractivity contribution in [3.05, 3.63) is 23.9 Å². The molecule has 2 N–H and O–H groups in total. The Kier molecular flexibility index (Phi) is 4.60. The molecule has 1 aromatic heterocycles. The number of carbonyl (C=O) groups is 1. The summed E-state index contributed by atoms with van der Waals surface area (Å²) >= 11 is 0. The number of carbonyl (C=O) groups excluding carboxylic acids is 1. The standard InChI is InChI=1S/C15H24N4O/c1-15(6-8-16-9-7-15)11-18-13-5-4-12(10-17-13)14(20)19(2)3/h4-5,10,16H,6-9,11H2,1-3H3,(H,17,18). The number of aromatic nitrogens is 1. The van der Waals surface area contributed by atoms with Crippen LogP contribution < -0.4 is 10.6 Å². The molecule has 1 saturated heterocycles. The van der Waals surface area contributed by atoms with Gasteiger partial charge in [0.15, 0.2) is 0 Å². The second-order valence-corrected chi connectivity index (χ2v) is 6.05. The maximum Gasteiger partial charge on any atom is 0.254 e. The van der Waals surface area contributed by atoms with E-state index in [1.54, 1.807) is 25.2 Å². The third-order valence-corrected chi connectivity index (χ3v) is 3.92. The van der Waals surface area contributed by atoms with Crippen LogP contribution in [0.25, 0.3) is 0 Å². The number of amides is 1. The van der Waals surface area contributed by atoms with E-state index in [0.717, 1.165) is 25.5 Å². The average Bonchev–Trinajstić information content (AvgIpc) is 2.46. The van der Waals surface area contributed by atoms with Gasteiger partial charge in [0.05, 0.1) is 5.56 Å². The van der Waals surface area contributed by atoms with Crippen molar-refractivity contribution in [1.29, 1.82) is 0 Å². The minimum atomic E-state index is -0.0191. The van der Waals surface area contributed by atoms with Crippen molar-refractivity contribution in [2.45, 2.75) is 19.8 Å². The molecule has 0 aliphatic carbocycles. The Balaban J connectivity index is 1.92. The lowest BCUT2D eigenvalue weighted by Crippen LogP contribution is -2.39. The summed E-state index contributed by atoms with van der Waals surface area (Å²) in [6.45, 7) is 5.40. The molecule has 5 nitrogen and oxygen atoms in total. The van der Waals surface area contributed by atoms with Gasteiger partial charge in [-0.15, -0.1) is 0 Å². The number of rotatable bonds is 4. The lowest BCUT2D eigenvalue weighted by atomic mass is 9.81. The fraction of sp³-hybridized carbons (Fsp3) is 0.600. The second-order valence-electron chi connectivity index (χ2n) is 6.05. The Hall–Kier alpha value is -1.62. The zero-order valence-corrected chi connectivity index (χ0v) is 12.6.